The van der Waals surface area contributed by atoms with Gasteiger partial charge >= 0.3 is 0 Å². The lowest BCUT2D eigenvalue weighted by atomic mass is 9.83. The number of carbonyl (C=O) groups excluding carboxylic acids is 3. The van der Waals surface area contributed by atoms with Crippen LogP contribution in [0, 0.1) is 13.8 Å². The van der Waals surface area contributed by atoms with Crippen LogP contribution in [0.5, 0.6) is 0 Å². The molecule has 0 aliphatic carbocycles. The van der Waals surface area contributed by atoms with Crippen LogP contribution in [0.1, 0.15) is 33.6 Å². The first-order valence-electron chi connectivity index (χ1n) is 10.6. The highest BCUT2D eigenvalue weighted by molar-refractivity contribution is 6.09. The average Bonchev–Trinajstić information content (AvgIpc) is 3.07. The first-order valence-corrected chi connectivity index (χ1v) is 10.6. The number of aryl methyl sites for hydroxylation is 2. The van der Waals surface area contributed by atoms with Gasteiger partial charge in [-0.25, -0.2) is 4.98 Å². The van der Waals surface area contributed by atoms with Gasteiger partial charge in [-0.1, -0.05) is 6.07 Å². The number of anilines is 1. The summed E-state index contributed by atoms with van der Waals surface area (Å²) < 4.78 is 5.20. The van der Waals surface area contributed by atoms with Gasteiger partial charge in [0.2, 0.25) is 11.8 Å². The van der Waals surface area contributed by atoms with E-state index >= 15 is 0 Å². The topological polar surface area (TPSA) is 105 Å². The molecular formula is C23H27N5O4. The van der Waals surface area contributed by atoms with Gasteiger partial charge < -0.3 is 14.5 Å². The number of hydrogen-bond acceptors (Lipinski definition) is 7. The normalized spacial score (nSPS) is 21.1. The van der Waals surface area contributed by atoms with E-state index in [1.54, 1.807) is 17.0 Å². The number of ether oxygens (including phenoxy) is 1. The summed E-state index contributed by atoms with van der Waals surface area (Å²) in [5, 5.41) is 2.32. The molecule has 4 rings (SSSR count). The first kappa shape index (κ1) is 21.9. The van der Waals surface area contributed by atoms with Gasteiger partial charge in [0.05, 0.1) is 17.9 Å². The number of aromatic nitrogens is 2. The first-order chi connectivity index (χ1) is 15.3. The van der Waals surface area contributed by atoms with Crippen molar-refractivity contribution in [2.24, 2.45) is 0 Å². The van der Waals surface area contributed by atoms with Crippen LogP contribution < -0.4 is 10.2 Å². The second kappa shape index (κ2) is 8.66. The standard InChI is InChI=1S/C23H27N5O4/c1-15-10-16(2)20(25-12-15)27-6-8-28(9-7-27)21(30)17-4-5-18(24-13-17)23(14-32-3)11-19(29)26-22(23)31/h4-5,10,12-13H,6-9,11,14H2,1-3H3,(H,26,29,31)/t23-/m0/s1. The van der Waals surface area contributed by atoms with Crippen LogP contribution in [0.25, 0.3) is 0 Å². The van der Waals surface area contributed by atoms with Crippen molar-refractivity contribution < 1.29 is 19.1 Å². The molecule has 1 atom stereocenters. The molecule has 9 heteroatoms. The predicted octanol–water partition coefficient (Wildman–Crippen LogP) is 0.987. The van der Waals surface area contributed by atoms with E-state index < -0.39 is 11.3 Å². The fourth-order valence-corrected chi connectivity index (χ4v) is 4.44. The number of imide groups is 1. The van der Waals surface area contributed by atoms with Crippen molar-refractivity contribution in [1.82, 2.24) is 20.2 Å². The summed E-state index contributed by atoms with van der Waals surface area (Å²) in [5.41, 5.74) is 1.97. The van der Waals surface area contributed by atoms with Crippen molar-refractivity contribution in [2.45, 2.75) is 25.7 Å². The molecule has 0 saturated carbocycles. The molecule has 3 amide bonds. The molecule has 0 aromatic carbocycles. The third-order valence-corrected chi connectivity index (χ3v) is 6.10. The fourth-order valence-electron chi connectivity index (χ4n) is 4.44. The van der Waals surface area contributed by atoms with Crippen LogP contribution in [-0.2, 0) is 19.7 Å². The van der Waals surface area contributed by atoms with Crippen molar-refractivity contribution in [3.8, 4) is 0 Å². The molecule has 2 aliphatic rings. The summed E-state index contributed by atoms with van der Waals surface area (Å²) in [4.78, 5) is 50.1. The van der Waals surface area contributed by atoms with Crippen LogP contribution in [0.2, 0.25) is 0 Å². The third kappa shape index (κ3) is 3.95. The van der Waals surface area contributed by atoms with Crippen LogP contribution in [-0.4, -0.2) is 72.5 Å². The zero-order valence-electron chi connectivity index (χ0n) is 18.6. The average molecular weight is 438 g/mol. The van der Waals surface area contributed by atoms with Gasteiger partial charge in [0, 0.05) is 52.1 Å². The molecule has 4 heterocycles. The molecule has 0 unspecified atom stereocenters. The van der Waals surface area contributed by atoms with Gasteiger partial charge in [-0.05, 0) is 37.1 Å². The molecule has 0 spiro atoms. The minimum Gasteiger partial charge on any atom is -0.383 e. The van der Waals surface area contributed by atoms with E-state index in [0.29, 0.717) is 37.4 Å². The largest absolute Gasteiger partial charge is 0.383 e. The van der Waals surface area contributed by atoms with Crippen LogP contribution in [0.3, 0.4) is 0 Å². The van der Waals surface area contributed by atoms with Crippen molar-refractivity contribution in [3.63, 3.8) is 0 Å². The van der Waals surface area contributed by atoms with Gasteiger partial charge in [0.1, 0.15) is 11.2 Å². The zero-order valence-corrected chi connectivity index (χ0v) is 18.6. The summed E-state index contributed by atoms with van der Waals surface area (Å²) >= 11 is 0. The van der Waals surface area contributed by atoms with Crippen molar-refractivity contribution in [3.05, 3.63) is 53.0 Å². The molecule has 2 aliphatic heterocycles. The molecule has 168 valence electrons. The number of pyridine rings is 2. The monoisotopic (exact) mass is 437 g/mol. The molecule has 2 fully saturated rings. The number of nitrogens with zero attached hydrogens (tertiary/aromatic N) is 4. The minimum atomic E-state index is -1.15. The lowest BCUT2D eigenvalue weighted by molar-refractivity contribution is -0.127. The Balaban J connectivity index is 1.44. The summed E-state index contributed by atoms with van der Waals surface area (Å²) in [6, 6.07) is 5.41. The van der Waals surface area contributed by atoms with E-state index in [4.69, 9.17) is 4.74 Å². The van der Waals surface area contributed by atoms with Crippen LogP contribution >= 0.6 is 0 Å². The SMILES string of the molecule is COC[C@]1(c2ccc(C(=O)N3CCN(c4ncc(C)cc4C)CC3)cn2)CC(=O)NC1=O. The maximum absolute atomic E-state index is 13.0. The number of amides is 3. The minimum absolute atomic E-state index is 0.0195. The van der Waals surface area contributed by atoms with Gasteiger partial charge in [0.15, 0.2) is 0 Å². The maximum atomic E-state index is 13.0. The number of rotatable bonds is 5. The highest BCUT2D eigenvalue weighted by Crippen LogP contribution is 2.31. The summed E-state index contributed by atoms with van der Waals surface area (Å²) in [6.45, 7) is 6.68. The summed E-state index contributed by atoms with van der Waals surface area (Å²) in [5.74, 6) is 0.0730. The van der Waals surface area contributed by atoms with Gasteiger partial charge in [-0.3, -0.25) is 24.7 Å². The molecular weight excluding hydrogens is 410 g/mol. The fraction of sp³-hybridized carbons (Fsp3) is 0.435. The Kier molecular flexibility index (Phi) is 5.92. The highest BCUT2D eigenvalue weighted by atomic mass is 16.5. The Bertz CT molecular complexity index is 1050. The lowest BCUT2D eigenvalue weighted by Gasteiger charge is -2.36. The Labute approximate surface area is 186 Å². The number of carbonyl (C=O) groups is 3. The van der Waals surface area contributed by atoms with Crippen molar-refractivity contribution >= 4 is 23.5 Å². The molecule has 2 saturated heterocycles. The van der Waals surface area contributed by atoms with Gasteiger partial charge in [-0.15, -0.1) is 0 Å². The smallest absolute Gasteiger partial charge is 0.255 e. The summed E-state index contributed by atoms with van der Waals surface area (Å²) in [6.07, 6.45) is 3.32. The van der Waals surface area contributed by atoms with Gasteiger partial charge in [-0.2, -0.15) is 0 Å². The number of hydrogen-bond donors (Lipinski definition) is 1. The van der Waals surface area contributed by atoms with Gasteiger partial charge in [0.25, 0.3) is 5.91 Å². The molecule has 0 radical (unpaired) electrons. The maximum Gasteiger partial charge on any atom is 0.255 e. The number of nitrogens with one attached hydrogen (secondary N) is 1. The Hall–Kier alpha value is -3.33. The number of methoxy groups -OCH3 is 1. The van der Waals surface area contributed by atoms with E-state index in [-0.39, 0.29) is 24.8 Å². The van der Waals surface area contributed by atoms with E-state index in [1.807, 2.05) is 13.1 Å². The molecule has 2 aromatic rings. The van der Waals surface area contributed by atoms with Crippen molar-refractivity contribution in [1.29, 1.82) is 0 Å². The second-order valence-electron chi connectivity index (χ2n) is 8.43. The quantitative estimate of drug-likeness (QED) is 0.696. The number of piperazine rings is 1. The molecule has 1 N–H and O–H groups in total. The third-order valence-electron chi connectivity index (χ3n) is 6.10. The molecule has 0 bridgehead atoms. The zero-order chi connectivity index (χ0) is 22.9. The van der Waals surface area contributed by atoms with E-state index in [2.05, 4.69) is 33.2 Å². The van der Waals surface area contributed by atoms with E-state index in [9.17, 15) is 14.4 Å². The van der Waals surface area contributed by atoms with Crippen LogP contribution in [0.4, 0.5) is 5.82 Å². The predicted molar refractivity (Wildman–Crippen MR) is 117 cm³/mol. The van der Waals surface area contributed by atoms with Crippen molar-refractivity contribution in [2.75, 3.05) is 44.8 Å². The lowest BCUT2D eigenvalue weighted by Crippen LogP contribution is -2.49. The Morgan fingerprint density at radius 1 is 1.12 bits per heavy atom. The second-order valence-corrected chi connectivity index (χ2v) is 8.43. The molecule has 9 nitrogen and oxygen atoms in total. The Morgan fingerprint density at radius 3 is 2.44 bits per heavy atom. The van der Waals surface area contributed by atoms with E-state index in [0.717, 1.165) is 16.9 Å². The highest BCUT2D eigenvalue weighted by Gasteiger charge is 2.49. The Morgan fingerprint density at radius 2 is 1.88 bits per heavy atom. The van der Waals surface area contributed by atoms with E-state index in [1.165, 1.54) is 13.3 Å². The van der Waals surface area contributed by atoms with Crippen LogP contribution in [0.15, 0.2) is 30.6 Å². The molecule has 2 aromatic heterocycles. The summed E-state index contributed by atoms with van der Waals surface area (Å²) in [7, 11) is 1.48. The molecule has 32 heavy (non-hydrogen) atoms.